The normalized spacial score (nSPS) is 10.1. The van der Waals surface area contributed by atoms with Crippen LogP contribution in [0.15, 0.2) is 72.8 Å². The Morgan fingerprint density at radius 1 is 0.704 bits per heavy atom. The van der Waals surface area contributed by atoms with Gasteiger partial charge in [-0.15, -0.1) is 0 Å². The molecule has 0 aliphatic heterocycles. The molecule has 0 saturated carbocycles. The topological polar surface area (TPSA) is 70.2 Å². The summed E-state index contributed by atoms with van der Waals surface area (Å²) in [5.74, 6) is -0.379. The molecule has 0 bridgehead atoms. The molecule has 0 atom stereocenters. The molecule has 3 aromatic rings. The van der Waals surface area contributed by atoms with E-state index < -0.39 is 0 Å². The van der Waals surface area contributed by atoms with Crippen LogP contribution in [0.2, 0.25) is 0 Å². The van der Waals surface area contributed by atoms with Gasteiger partial charge in [-0.1, -0.05) is 36.4 Å². The molecule has 0 aliphatic rings. The quantitative estimate of drug-likeness (QED) is 0.604. The number of amides is 2. The molecule has 0 saturated heterocycles. The fourth-order valence-electron chi connectivity index (χ4n) is 2.75. The van der Waals surface area contributed by atoms with Gasteiger partial charge in [-0.2, -0.15) is 0 Å². The van der Waals surface area contributed by atoms with E-state index in [0.29, 0.717) is 16.9 Å². The van der Waals surface area contributed by atoms with E-state index in [1.54, 1.807) is 18.2 Å². The van der Waals surface area contributed by atoms with E-state index >= 15 is 0 Å². The lowest BCUT2D eigenvalue weighted by Crippen LogP contribution is -2.15. The first kappa shape index (κ1) is 18.2. The number of anilines is 4. The number of hydrogen-bond donors (Lipinski definition) is 3. The van der Waals surface area contributed by atoms with Crippen LogP contribution in [-0.2, 0) is 4.79 Å². The molecule has 0 radical (unpaired) electrons. The molecular formula is C22H21N3O2. The van der Waals surface area contributed by atoms with Crippen LogP contribution in [0.25, 0.3) is 0 Å². The second-order valence-corrected chi connectivity index (χ2v) is 6.15. The summed E-state index contributed by atoms with van der Waals surface area (Å²) in [5, 5.41) is 8.98. The third-order valence-corrected chi connectivity index (χ3v) is 4.12. The van der Waals surface area contributed by atoms with Gasteiger partial charge in [0.15, 0.2) is 0 Å². The number of rotatable bonds is 5. The van der Waals surface area contributed by atoms with Gasteiger partial charge < -0.3 is 16.0 Å². The Balaban J connectivity index is 1.84. The molecule has 136 valence electrons. The highest BCUT2D eigenvalue weighted by molar-refractivity contribution is 6.09. The first-order chi connectivity index (χ1) is 13.0. The maximum Gasteiger partial charge on any atom is 0.257 e. The van der Waals surface area contributed by atoms with E-state index in [1.807, 2.05) is 61.5 Å². The summed E-state index contributed by atoms with van der Waals surface area (Å²) in [6, 6.07) is 22.4. The van der Waals surface area contributed by atoms with E-state index in [4.69, 9.17) is 0 Å². The number of hydrogen-bond acceptors (Lipinski definition) is 3. The Kier molecular flexibility index (Phi) is 5.52. The summed E-state index contributed by atoms with van der Waals surface area (Å²) in [6.45, 7) is 3.31. The molecule has 5 heteroatoms. The standard InChI is InChI=1S/C22H21N3O2/c1-15-19(23-16(2)26)13-8-14-20(15)25-22(27)18-11-6-7-12-21(18)24-17-9-4-3-5-10-17/h3-14,24H,1-2H3,(H,23,26)(H,25,27). The second-order valence-electron chi connectivity index (χ2n) is 6.15. The van der Waals surface area contributed by atoms with Crippen LogP contribution in [0.3, 0.4) is 0 Å². The van der Waals surface area contributed by atoms with Crippen LogP contribution in [0, 0.1) is 6.92 Å². The molecule has 0 aliphatic carbocycles. The highest BCUT2D eigenvalue weighted by Gasteiger charge is 2.14. The summed E-state index contributed by atoms with van der Waals surface area (Å²) >= 11 is 0. The zero-order valence-electron chi connectivity index (χ0n) is 15.2. The smallest absolute Gasteiger partial charge is 0.257 e. The predicted octanol–water partition coefficient (Wildman–Crippen LogP) is 4.95. The van der Waals surface area contributed by atoms with Crippen LogP contribution < -0.4 is 16.0 Å². The third kappa shape index (κ3) is 4.52. The minimum absolute atomic E-state index is 0.154. The summed E-state index contributed by atoms with van der Waals surface area (Å²) in [5.41, 5.74) is 4.29. The van der Waals surface area contributed by atoms with E-state index in [2.05, 4.69) is 16.0 Å². The first-order valence-corrected chi connectivity index (χ1v) is 8.64. The molecule has 0 heterocycles. The van der Waals surface area contributed by atoms with Crippen molar-refractivity contribution in [3.63, 3.8) is 0 Å². The van der Waals surface area contributed by atoms with Crippen molar-refractivity contribution < 1.29 is 9.59 Å². The van der Waals surface area contributed by atoms with Crippen LogP contribution in [0.4, 0.5) is 22.7 Å². The summed E-state index contributed by atoms with van der Waals surface area (Å²) in [4.78, 5) is 24.2. The molecule has 2 amide bonds. The Bertz CT molecular complexity index is 968. The molecule has 3 N–H and O–H groups in total. The zero-order chi connectivity index (χ0) is 19.2. The Labute approximate surface area is 158 Å². The lowest BCUT2D eigenvalue weighted by Gasteiger charge is -2.15. The van der Waals surface area contributed by atoms with Crippen molar-refractivity contribution in [3.8, 4) is 0 Å². The number of carbonyl (C=O) groups excluding carboxylic acids is 2. The van der Waals surface area contributed by atoms with Crippen molar-refractivity contribution >= 4 is 34.6 Å². The monoisotopic (exact) mass is 359 g/mol. The van der Waals surface area contributed by atoms with Crippen molar-refractivity contribution in [2.75, 3.05) is 16.0 Å². The molecule has 0 spiro atoms. The Morgan fingerprint density at radius 3 is 2.00 bits per heavy atom. The maximum absolute atomic E-state index is 12.9. The summed E-state index contributed by atoms with van der Waals surface area (Å²) in [7, 11) is 0. The van der Waals surface area contributed by atoms with Gasteiger partial charge in [0.1, 0.15) is 0 Å². The molecule has 3 aromatic carbocycles. The van der Waals surface area contributed by atoms with Gasteiger partial charge >= 0.3 is 0 Å². The Hall–Kier alpha value is -3.60. The van der Waals surface area contributed by atoms with Crippen molar-refractivity contribution in [3.05, 3.63) is 83.9 Å². The third-order valence-electron chi connectivity index (χ3n) is 4.12. The average molecular weight is 359 g/mol. The molecule has 3 rings (SSSR count). The first-order valence-electron chi connectivity index (χ1n) is 8.64. The van der Waals surface area contributed by atoms with Crippen LogP contribution in [-0.4, -0.2) is 11.8 Å². The average Bonchev–Trinajstić information content (AvgIpc) is 2.66. The Morgan fingerprint density at radius 2 is 1.30 bits per heavy atom. The molecule has 0 aromatic heterocycles. The maximum atomic E-state index is 12.9. The fourth-order valence-corrected chi connectivity index (χ4v) is 2.75. The minimum Gasteiger partial charge on any atom is -0.355 e. The van der Waals surface area contributed by atoms with Gasteiger partial charge in [-0.05, 0) is 48.9 Å². The summed E-state index contributed by atoms with van der Waals surface area (Å²) < 4.78 is 0. The van der Waals surface area contributed by atoms with Crippen molar-refractivity contribution in [2.45, 2.75) is 13.8 Å². The lowest BCUT2D eigenvalue weighted by atomic mass is 10.1. The van der Waals surface area contributed by atoms with Crippen molar-refractivity contribution in [1.29, 1.82) is 0 Å². The van der Waals surface area contributed by atoms with Crippen LogP contribution in [0.5, 0.6) is 0 Å². The number of para-hydroxylation sites is 2. The number of benzene rings is 3. The predicted molar refractivity (Wildman–Crippen MR) is 110 cm³/mol. The van der Waals surface area contributed by atoms with Gasteiger partial charge in [0.2, 0.25) is 5.91 Å². The van der Waals surface area contributed by atoms with E-state index in [-0.39, 0.29) is 11.8 Å². The minimum atomic E-state index is -0.225. The van der Waals surface area contributed by atoms with Gasteiger partial charge in [0, 0.05) is 24.0 Å². The largest absolute Gasteiger partial charge is 0.355 e. The van der Waals surface area contributed by atoms with Gasteiger partial charge in [0.25, 0.3) is 5.91 Å². The van der Waals surface area contributed by atoms with Gasteiger partial charge in [-0.3, -0.25) is 9.59 Å². The van der Waals surface area contributed by atoms with Crippen molar-refractivity contribution in [2.24, 2.45) is 0 Å². The molecule has 0 unspecified atom stereocenters. The number of nitrogens with one attached hydrogen (secondary N) is 3. The van der Waals surface area contributed by atoms with E-state index in [1.165, 1.54) is 6.92 Å². The van der Waals surface area contributed by atoms with Gasteiger partial charge in [-0.25, -0.2) is 0 Å². The highest BCUT2D eigenvalue weighted by atomic mass is 16.2. The van der Waals surface area contributed by atoms with Crippen LogP contribution >= 0.6 is 0 Å². The molecule has 0 fully saturated rings. The lowest BCUT2D eigenvalue weighted by molar-refractivity contribution is -0.114. The second kappa shape index (κ2) is 8.19. The highest BCUT2D eigenvalue weighted by Crippen LogP contribution is 2.26. The summed E-state index contributed by atoms with van der Waals surface area (Å²) in [6.07, 6.45) is 0. The van der Waals surface area contributed by atoms with Crippen LogP contribution in [0.1, 0.15) is 22.8 Å². The number of carbonyl (C=O) groups is 2. The van der Waals surface area contributed by atoms with E-state index in [0.717, 1.165) is 16.9 Å². The molecular weight excluding hydrogens is 338 g/mol. The van der Waals surface area contributed by atoms with E-state index in [9.17, 15) is 9.59 Å². The van der Waals surface area contributed by atoms with Gasteiger partial charge in [0.05, 0.1) is 11.3 Å². The molecule has 27 heavy (non-hydrogen) atoms. The SMILES string of the molecule is CC(=O)Nc1cccc(NC(=O)c2ccccc2Nc2ccccc2)c1C. The molecule has 5 nitrogen and oxygen atoms in total. The zero-order valence-corrected chi connectivity index (χ0v) is 15.2. The fraction of sp³-hybridized carbons (Fsp3) is 0.0909. The van der Waals surface area contributed by atoms with Crippen molar-refractivity contribution in [1.82, 2.24) is 0 Å².